The molecular weight excluding hydrogens is 256 g/mol. The molecule has 6 nitrogen and oxygen atoms in total. The van der Waals surface area contributed by atoms with E-state index in [0.717, 1.165) is 42.0 Å². The molecule has 0 atom stereocenters. The molecule has 0 saturated carbocycles. The first-order valence-corrected chi connectivity index (χ1v) is 6.57. The Balaban J connectivity index is 2.13. The lowest BCUT2D eigenvalue weighted by Crippen LogP contribution is -2.26. The number of hydrogen-bond acceptors (Lipinski definition) is 4. The Morgan fingerprint density at radius 3 is 3.00 bits per heavy atom. The van der Waals surface area contributed by atoms with Crippen molar-refractivity contribution in [3.63, 3.8) is 0 Å². The van der Waals surface area contributed by atoms with Crippen LogP contribution < -0.4 is 0 Å². The molecule has 0 spiro atoms. The maximum Gasteiger partial charge on any atom is 0.272 e. The van der Waals surface area contributed by atoms with Gasteiger partial charge in [-0.3, -0.25) is 15.2 Å². The van der Waals surface area contributed by atoms with Gasteiger partial charge in [-0.15, -0.1) is 0 Å². The average molecular weight is 272 g/mol. The fourth-order valence-electron chi connectivity index (χ4n) is 2.73. The Hall–Kier alpha value is -2.21. The Bertz CT molecular complexity index is 678. The molecule has 0 bridgehead atoms. The standard InChI is InChI=1S/C14H16N4O2/c1-9-10(4-3-5-13(9)18(19)20)14-11-8-17(2)7-6-12(11)15-16-14/h3-5H,6-8H2,1-2H3,(H,15,16). The van der Waals surface area contributed by atoms with Crippen LogP contribution in [0.2, 0.25) is 0 Å². The molecule has 1 N–H and O–H groups in total. The van der Waals surface area contributed by atoms with Crippen molar-refractivity contribution in [1.82, 2.24) is 15.1 Å². The highest BCUT2D eigenvalue weighted by Gasteiger charge is 2.23. The van der Waals surface area contributed by atoms with E-state index in [0.29, 0.717) is 5.56 Å². The second-order valence-corrected chi connectivity index (χ2v) is 5.22. The van der Waals surface area contributed by atoms with Gasteiger partial charge in [0.25, 0.3) is 5.69 Å². The van der Waals surface area contributed by atoms with Crippen LogP contribution in [-0.2, 0) is 13.0 Å². The summed E-state index contributed by atoms with van der Waals surface area (Å²) in [6, 6.07) is 5.14. The Labute approximate surface area is 116 Å². The smallest absolute Gasteiger partial charge is 0.272 e. The normalized spacial score (nSPS) is 15.1. The molecule has 20 heavy (non-hydrogen) atoms. The van der Waals surface area contributed by atoms with Crippen molar-refractivity contribution in [1.29, 1.82) is 0 Å². The summed E-state index contributed by atoms with van der Waals surface area (Å²) in [6.45, 7) is 3.60. The van der Waals surface area contributed by atoms with E-state index in [1.807, 2.05) is 6.07 Å². The quantitative estimate of drug-likeness (QED) is 0.672. The van der Waals surface area contributed by atoms with Crippen molar-refractivity contribution in [2.24, 2.45) is 0 Å². The van der Waals surface area contributed by atoms with Crippen molar-refractivity contribution in [2.45, 2.75) is 19.9 Å². The molecule has 3 rings (SSSR count). The van der Waals surface area contributed by atoms with Crippen LogP contribution in [0.3, 0.4) is 0 Å². The molecule has 0 fully saturated rings. The van der Waals surface area contributed by atoms with Gasteiger partial charge in [-0.25, -0.2) is 0 Å². The third-order valence-corrected chi connectivity index (χ3v) is 3.88. The van der Waals surface area contributed by atoms with Crippen LogP contribution in [0.1, 0.15) is 16.8 Å². The van der Waals surface area contributed by atoms with Gasteiger partial charge in [0.15, 0.2) is 0 Å². The number of aromatic amines is 1. The van der Waals surface area contributed by atoms with E-state index >= 15 is 0 Å². The predicted molar refractivity (Wildman–Crippen MR) is 75.5 cm³/mol. The third kappa shape index (κ3) is 1.98. The van der Waals surface area contributed by atoms with Gasteiger partial charge in [0, 0.05) is 48.0 Å². The zero-order valence-corrected chi connectivity index (χ0v) is 11.5. The van der Waals surface area contributed by atoms with Gasteiger partial charge in [-0.1, -0.05) is 12.1 Å². The summed E-state index contributed by atoms with van der Waals surface area (Å²) in [7, 11) is 2.07. The first-order chi connectivity index (χ1) is 9.58. The lowest BCUT2D eigenvalue weighted by molar-refractivity contribution is -0.385. The number of aromatic nitrogens is 2. The van der Waals surface area contributed by atoms with Gasteiger partial charge in [-0.05, 0) is 14.0 Å². The van der Waals surface area contributed by atoms with Crippen LogP contribution in [0.4, 0.5) is 5.69 Å². The predicted octanol–water partition coefficient (Wildman–Crippen LogP) is 2.28. The zero-order chi connectivity index (χ0) is 14.3. The minimum Gasteiger partial charge on any atom is -0.302 e. The van der Waals surface area contributed by atoms with Gasteiger partial charge in [-0.2, -0.15) is 5.10 Å². The number of fused-ring (bicyclic) bond motifs is 1. The number of nitrogens with zero attached hydrogens (tertiary/aromatic N) is 3. The first kappa shape index (κ1) is 12.8. The summed E-state index contributed by atoms with van der Waals surface area (Å²) in [6.07, 6.45) is 0.937. The zero-order valence-electron chi connectivity index (χ0n) is 11.5. The number of likely N-dealkylation sites (N-methyl/N-ethyl adjacent to an activating group) is 1. The molecule has 0 aliphatic carbocycles. The average Bonchev–Trinajstić information content (AvgIpc) is 2.81. The summed E-state index contributed by atoms with van der Waals surface area (Å²) in [5, 5.41) is 18.5. The van der Waals surface area contributed by atoms with Crippen molar-refractivity contribution >= 4 is 5.69 Å². The van der Waals surface area contributed by atoms with Crippen molar-refractivity contribution in [3.8, 4) is 11.3 Å². The van der Waals surface area contributed by atoms with Crippen LogP contribution >= 0.6 is 0 Å². The van der Waals surface area contributed by atoms with Crippen LogP contribution in [0.25, 0.3) is 11.3 Å². The lowest BCUT2D eigenvalue weighted by Gasteiger charge is -2.22. The second kappa shape index (κ2) is 4.72. The SMILES string of the molecule is Cc1c(-c2n[nH]c3c2CN(C)CC3)cccc1[N+](=O)[O-]. The molecule has 0 saturated heterocycles. The number of nitro groups is 1. The first-order valence-electron chi connectivity index (χ1n) is 6.57. The summed E-state index contributed by atoms with van der Waals surface area (Å²) in [5.74, 6) is 0. The highest BCUT2D eigenvalue weighted by atomic mass is 16.6. The number of nitro benzene ring substituents is 1. The molecule has 1 aromatic carbocycles. The molecule has 0 radical (unpaired) electrons. The minimum atomic E-state index is -0.343. The Morgan fingerprint density at radius 1 is 1.45 bits per heavy atom. The van der Waals surface area contributed by atoms with Gasteiger partial charge < -0.3 is 4.90 Å². The monoisotopic (exact) mass is 272 g/mol. The molecule has 6 heteroatoms. The molecule has 1 aliphatic heterocycles. The summed E-state index contributed by atoms with van der Waals surface area (Å²) >= 11 is 0. The topological polar surface area (TPSA) is 75.1 Å². The van der Waals surface area contributed by atoms with E-state index in [1.165, 1.54) is 6.07 Å². The summed E-state index contributed by atoms with van der Waals surface area (Å²) in [4.78, 5) is 12.9. The maximum atomic E-state index is 11.1. The summed E-state index contributed by atoms with van der Waals surface area (Å²) in [5.41, 5.74) is 4.79. The fourth-order valence-corrected chi connectivity index (χ4v) is 2.73. The van der Waals surface area contributed by atoms with E-state index in [9.17, 15) is 10.1 Å². The minimum absolute atomic E-state index is 0.142. The Kier molecular flexibility index (Phi) is 3.02. The van der Waals surface area contributed by atoms with Crippen LogP contribution in [-0.4, -0.2) is 33.6 Å². The molecule has 0 unspecified atom stereocenters. The van der Waals surface area contributed by atoms with E-state index in [-0.39, 0.29) is 10.6 Å². The number of benzene rings is 1. The van der Waals surface area contributed by atoms with Crippen LogP contribution in [0, 0.1) is 17.0 Å². The molecular formula is C14H16N4O2. The molecule has 104 valence electrons. The van der Waals surface area contributed by atoms with Gasteiger partial charge in [0.2, 0.25) is 0 Å². The molecule has 0 amide bonds. The number of hydrogen-bond donors (Lipinski definition) is 1. The van der Waals surface area contributed by atoms with Crippen LogP contribution in [0.5, 0.6) is 0 Å². The van der Waals surface area contributed by atoms with Gasteiger partial charge in [0.1, 0.15) is 0 Å². The number of rotatable bonds is 2. The van der Waals surface area contributed by atoms with E-state index in [2.05, 4.69) is 22.1 Å². The van der Waals surface area contributed by atoms with Crippen LogP contribution in [0.15, 0.2) is 18.2 Å². The lowest BCUT2D eigenvalue weighted by atomic mass is 9.97. The summed E-state index contributed by atoms with van der Waals surface area (Å²) < 4.78 is 0. The molecule has 1 aliphatic rings. The van der Waals surface area contributed by atoms with Crippen molar-refractivity contribution in [2.75, 3.05) is 13.6 Å². The van der Waals surface area contributed by atoms with E-state index < -0.39 is 0 Å². The third-order valence-electron chi connectivity index (χ3n) is 3.88. The second-order valence-electron chi connectivity index (χ2n) is 5.22. The molecule has 2 aromatic rings. The highest BCUT2D eigenvalue weighted by molar-refractivity contribution is 5.71. The van der Waals surface area contributed by atoms with E-state index in [4.69, 9.17) is 0 Å². The fraction of sp³-hybridized carbons (Fsp3) is 0.357. The van der Waals surface area contributed by atoms with Crippen molar-refractivity contribution < 1.29 is 4.92 Å². The molecule has 1 aromatic heterocycles. The Morgan fingerprint density at radius 2 is 2.25 bits per heavy atom. The van der Waals surface area contributed by atoms with Gasteiger partial charge in [0.05, 0.1) is 10.6 Å². The highest BCUT2D eigenvalue weighted by Crippen LogP contribution is 2.33. The number of H-pyrrole nitrogens is 1. The largest absolute Gasteiger partial charge is 0.302 e. The van der Waals surface area contributed by atoms with E-state index in [1.54, 1.807) is 13.0 Å². The number of nitrogens with one attached hydrogen (secondary N) is 1. The maximum absolute atomic E-state index is 11.1. The molecule has 2 heterocycles. The van der Waals surface area contributed by atoms with Crippen molar-refractivity contribution in [3.05, 3.63) is 45.1 Å². The van der Waals surface area contributed by atoms with Gasteiger partial charge >= 0.3 is 0 Å².